The fourth-order valence-corrected chi connectivity index (χ4v) is 1.67. The molecule has 1 rings (SSSR count). The molecule has 2 N–H and O–H groups in total. The van der Waals surface area contributed by atoms with Crippen molar-refractivity contribution >= 4 is 23.2 Å². The molecule has 1 amide bonds. The number of amides is 1. The van der Waals surface area contributed by atoms with E-state index in [9.17, 15) is 18.0 Å². The maximum atomic E-state index is 12.0. The lowest BCUT2D eigenvalue weighted by Crippen LogP contribution is -2.42. The second-order valence-corrected chi connectivity index (χ2v) is 4.46. The van der Waals surface area contributed by atoms with Crippen molar-refractivity contribution in [1.29, 1.82) is 0 Å². The molecule has 0 aliphatic carbocycles. The van der Waals surface area contributed by atoms with E-state index in [1.54, 1.807) is 17.4 Å². The van der Waals surface area contributed by atoms with Gasteiger partial charge in [0.05, 0.1) is 12.1 Å². The molecule has 0 radical (unpaired) electrons. The van der Waals surface area contributed by atoms with Crippen LogP contribution in [0.3, 0.4) is 0 Å². The average molecular weight is 311 g/mol. The molecule has 0 saturated heterocycles. The number of halogens is 4. The van der Waals surface area contributed by atoms with E-state index in [2.05, 4.69) is 5.32 Å². The van der Waals surface area contributed by atoms with Crippen molar-refractivity contribution in [2.24, 2.45) is 0 Å². The highest BCUT2D eigenvalue weighted by molar-refractivity contribution is 6.32. The van der Waals surface area contributed by atoms with Gasteiger partial charge in [0.25, 0.3) is 0 Å². The summed E-state index contributed by atoms with van der Waals surface area (Å²) in [5, 5.41) is 4.88. The Morgan fingerprint density at radius 3 is 2.60 bits per heavy atom. The summed E-state index contributed by atoms with van der Waals surface area (Å²) in [6, 6.07) is 3.89. The van der Waals surface area contributed by atoms with Crippen molar-refractivity contribution in [2.75, 3.05) is 19.0 Å². The third kappa shape index (κ3) is 5.16. The van der Waals surface area contributed by atoms with Gasteiger partial charge in [0.1, 0.15) is 18.3 Å². The Morgan fingerprint density at radius 1 is 1.45 bits per heavy atom. The Kier molecular flexibility index (Phi) is 5.50. The molecule has 0 fully saturated rings. The minimum absolute atomic E-state index is 0.334. The van der Waals surface area contributed by atoms with E-state index in [4.69, 9.17) is 16.3 Å². The number of alkyl halides is 3. The molecule has 4 nitrogen and oxygen atoms in total. The van der Waals surface area contributed by atoms with Crippen molar-refractivity contribution in [1.82, 2.24) is 5.32 Å². The van der Waals surface area contributed by atoms with Crippen LogP contribution in [0.2, 0.25) is 5.02 Å². The van der Waals surface area contributed by atoms with Gasteiger partial charge in [0.2, 0.25) is 5.91 Å². The van der Waals surface area contributed by atoms with Crippen molar-refractivity contribution in [3.63, 3.8) is 0 Å². The number of hydrogen-bond donors (Lipinski definition) is 2. The molecule has 1 unspecified atom stereocenters. The number of hydrogen-bond acceptors (Lipinski definition) is 3. The van der Waals surface area contributed by atoms with Crippen molar-refractivity contribution in [2.45, 2.75) is 19.1 Å². The van der Waals surface area contributed by atoms with Crippen molar-refractivity contribution < 1.29 is 22.7 Å². The second-order valence-electron chi connectivity index (χ2n) is 4.05. The summed E-state index contributed by atoms with van der Waals surface area (Å²) in [5.74, 6) is -0.291. The number of methoxy groups -OCH3 is 1. The Morgan fingerprint density at radius 2 is 2.10 bits per heavy atom. The Labute approximate surface area is 119 Å². The van der Waals surface area contributed by atoms with Gasteiger partial charge in [-0.1, -0.05) is 11.6 Å². The van der Waals surface area contributed by atoms with E-state index in [1.807, 2.05) is 0 Å². The molecule has 20 heavy (non-hydrogen) atoms. The van der Waals surface area contributed by atoms with Gasteiger partial charge >= 0.3 is 6.18 Å². The zero-order valence-electron chi connectivity index (χ0n) is 10.8. The Hall–Kier alpha value is -1.63. The zero-order chi connectivity index (χ0) is 15.3. The topological polar surface area (TPSA) is 50.4 Å². The third-order valence-electron chi connectivity index (χ3n) is 2.39. The van der Waals surface area contributed by atoms with Gasteiger partial charge in [-0.3, -0.25) is 4.79 Å². The Balaban J connectivity index is 2.59. The van der Waals surface area contributed by atoms with Crippen LogP contribution in [0.1, 0.15) is 6.92 Å². The molecule has 1 atom stereocenters. The highest BCUT2D eigenvalue weighted by Gasteiger charge is 2.28. The minimum atomic E-state index is -4.43. The molecular weight excluding hydrogens is 297 g/mol. The summed E-state index contributed by atoms with van der Waals surface area (Å²) in [6.45, 7) is 0.0884. The summed E-state index contributed by atoms with van der Waals surface area (Å²) in [5.41, 5.74) is 0.505. The largest absolute Gasteiger partial charge is 0.495 e. The van der Waals surface area contributed by atoms with E-state index in [1.165, 1.54) is 20.1 Å². The van der Waals surface area contributed by atoms with E-state index in [0.717, 1.165) is 0 Å². The standard InChI is InChI=1S/C12H14ClF3N2O2/c1-7(11(19)17-6-12(14,15)16)18-8-3-4-10(20-2)9(13)5-8/h3-5,7,18H,6H2,1-2H3,(H,17,19). The highest BCUT2D eigenvalue weighted by Crippen LogP contribution is 2.27. The van der Waals surface area contributed by atoms with Crippen LogP contribution in [0.4, 0.5) is 18.9 Å². The molecule has 0 saturated carbocycles. The highest BCUT2D eigenvalue weighted by atomic mass is 35.5. The van der Waals surface area contributed by atoms with Gasteiger partial charge in [-0.2, -0.15) is 13.2 Å². The summed E-state index contributed by atoms with van der Waals surface area (Å²) < 4.78 is 40.9. The quantitative estimate of drug-likeness (QED) is 0.879. The molecule has 0 aliphatic heterocycles. The monoisotopic (exact) mass is 310 g/mol. The fraction of sp³-hybridized carbons (Fsp3) is 0.417. The lowest BCUT2D eigenvalue weighted by atomic mass is 10.2. The van der Waals surface area contributed by atoms with Crippen LogP contribution >= 0.6 is 11.6 Å². The summed E-state index contributed by atoms with van der Waals surface area (Å²) in [6.07, 6.45) is -4.43. The van der Waals surface area contributed by atoms with Gasteiger partial charge in [-0.15, -0.1) is 0 Å². The first-order valence-electron chi connectivity index (χ1n) is 5.67. The minimum Gasteiger partial charge on any atom is -0.495 e. The first kappa shape index (κ1) is 16.4. The summed E-state index contributed by atoms with van der Waals surface area (Å²) >= 11 is 5.90. The molecule has 0 aliphatic rings. The third-order valence-corrected chi connectivity index (χ3v) is 2.69. The number of benzene rings is 1. The SMILES string of the molecule is COc1ccc(NC(C)C(=O)NCC(F)(F)F)cc1Cl. The van der Waals surface area contributed by atoms with Crippen LogP contribution in [0.5, 0.6) is 5.75 Å². The Bertz CT molecular complexity index is 480. The van der Waals surface area contributed by atoms with E-state index in [0.29, 0.717) is 16.5 Å². The maximum Gasteiger partial charge on any atom is 0.405 e. The van der Waals surface area contributed by atoms with E-state index < -0.39 is 24.7 Å². The fourth-order valence-electron chi connectivity index (χ4n) is 1.41. The predicted octanol–water partition coefficient (Wildman–Crippen LogP) is 2.83. The average Bonchev–Trinajstić information content (AvgIpc) is 2.35. The lowest BCUT2D eigenvalue weighted by molar-refractivity contribution is -0.138. The lowest BCUT2D eigenvalue weighted by Gasteiger charge is -2.16. The number of ether oxygens (including phenoxy) is 1. The second kappa shape index (κ2) is 6.69. The van der Waals surface area contributed by atoms with Crippen LogP contribution in [-0.4, -0.2) is 31.8 Å². The van der Waals surface area contributed by atoms with E-state index in [-0.39, 0.29) is 0 Å². The first-order valence-corrected chi connectivity index (χ1v) is 6.05. The summed E-state index contributed by atoms with van der Waals surface area (Å²) in [7, 11) is 1.46. The molecule has 112 valence electrons. The van der Waals surface area contributed by atoms with Gasteiger partial charge in [0.15, 0.2) is 0 Å². The zero-order valence-corrected chi connectivity index (χ0v) is 11.6. The smallest absolute Gasteiger partial charge is 0.405 e. The normalized spacial score (nSPS) is 12.7. The molecule has 8 heteroatoms. The first-order chi connectivity index (χ1) is 9.23. The van der Waals surface area contributed by atoms with Crippen LogP contribution in [-0.2, 0) is 4.79 Å². The number of nitrogens with one attached hydrogen (secondary N) is 2. The number of carbonyl (C=O) groups is 1. The molecule has 0 aromatic heterocycles. The van der Waals surface area contributed by atoms with E-state index >= 15 is 0 Å². The van der Waals surface area contributed by atoms with Gasteiger partial charge in [0, 0.05) is 5.69 Å². The number of rotatable bonds is 5. The molecule has 0 bridgehead atoms. The predicted molar refractivity (Wildman–Crippen MR) is 70.2 cm³/mol. The van der Waals surface area contributed by atoms with Gasteiger partial charge in [-0.05, 0) is 25.1 Å². The van der Waals surface area contributed by atoms with Crippen molar-refractivity contribution in [3.05, 3.63) is 23.2 Å². The molecule has 1 aromatic carbocycles. The van der Waals surface area contributed by atoms with Crippen molar-refractivity contribution in [3.8, 4) is 5.75 Å². The number of carbonyl (C=O) groups excluding carboxylic acids is 1. The molecule has 1 aromatic rings. The van der Waals surface area contributed by atoms with Crippen LogP contribution in [0.25, 0.3) is 0 Å². The molecule has 0 spiro atoms. The van der Waals surface area contributed by atoms with Crippen LogP contribution < -0.4 is 15.4 Å². The van der Waals surface area contributed by atoms with Gasteiger partial charge in [-0.25, -0.2) is 0 Å². The number of anilines is 1. The molecule has 0 heterocycles. The maximum absolute atomic E-state index is 12.0. The van der Waals surface area contributed by atoms with Gasteiger partial charge < -0.3 is 15.4 Å². The molecular formula is C12H14ClF3N2O2. The summed E-state index contributed by atoms with van der Waals surface area (Å²) in [4.78, 5) is 11.5. The van der Waals surface area contributed by atoms with Crippen LogP contribution in [0.15, 0.2) is 18.2 Å². The van der Waals surface area contributed by atoms with Crippen LogP contribution in [0, 0.1) is 0 Å².